The van der Waals surface area contributed by atoms with Crippen LogP contribution < -0.4 is 4.90 Å². The Morgan fingerprint density at radius 3 is 2.73 bits per heavy atom. The van der Waals surface area contributed by atoms with Crippen LogP contribution in [-0.2, 0) is 22.7 Å². The molecule has 0 saturated carbocycles. The van der Waals surface area contributed by atoms with Crippen LogP contribution in [0, 0.1) is 5.92 Å². The van der Waals surface area contributed by atoms with Crippen molar-refractivity contribution in [3.8, 4) is 0 Å². The van der Waals surface area contributed by atoms with E-state index in [0.29, 0.717) is 24.8 Å². The van der Waals surface area contributed by atoms with Crippen molar-refractivity contribution in [2.45, 2.75) is 20.1 Å². The van der Waals surface area contributed by atoms with E-state index < -0.39 is 11.9 Å². The Morgan fingerprint density at radius 1 is 1.36 bits per heavy atom. The molecule has 0 amide bonds. The molecule has 0 saturated heterocycles. The molecular weight excluding hydrogens is 302 g/mol. The van der Waals surface area contributed by atoms with Gasteiger partial charge in [0.1, 0.15) is 11.6 Å². The highest BCUT2D eigenvalue weighted by Crippen LogP contribution is 2.23. The van der Waals surface area contributed by atoms with E-state index in [1.54, 1.807) is 14.0 Å². The summed E-state index contributed by atoms with van der Waals surface area (Å²) < 4.78 is 5.05. The van der Waals surface area contributed by atoms with Gasteiger partial charge in [0.15, 0.2) is 0 Å². The lowest BCUT2D eigenvalue weighted by Gasteiger charge is -2.23. The van der Waals surface area contributed by atoms with Crippen LogP contribution in [0.2, 0.25) is 0 Å². The molecule has 2 aromatic rings. The fourth-order valence-electron chi connectivity index (χ4n) is 1.98. The second kappa shape index (κ2) is 7.86. The summed E-state index contributed by atoms with van der Waals surface area (Å²) in [5.41, 5.74) is 1.10. The molecule has 0 aliphatic rings. The highest BCUT2D eigenvalue weighted by molar-refractivity contribution is 7.15. The van der Waals surface area contributed by atoms with Gasteiger partial charge in [0.25, 0.3) is 0 Å². The third kappa shape index (κ3) is 4.51. The van der Waals surface area contributed by atoms with Crippen LogP contribution in [-0.4, -0.2) is 34.9 Å². The smallest absolute Gasteiger partial charge is 0.308 e. The fraction of sp³-hybridized carbons (Fsp3) is 0.400. The van der Waals surface area contributed by atoms with Crippen molar-refractivity contribution in [2.75, 3.05) is 18.6 Å². The first-order valence-corrected chi connectivity index (χ1v) is 7.74. The largest absolute Gasteiger partial charge is 0.481 e. The minimum atomic E-state index is -0.820. The van der Waals surface area contributed by atoms with Crippen molar-refractivity contribution in [3.05, 3.63) is 40.9 Å². The predicted molar refractivity (Wildman–Crippen MR) is 84.9 cm³/mol. The highest BCUT2D eigenvalue weighted by Gasteiger charge is 2.20. The fourth-order valence-corrected chi connectivity index (χ4v) is 2.80. The molecule has 1 heterocycles. The van der Waals surface area contributed by atoms with Crippen molar-refractivity contribution in [2.24, 2.45) is 5.92 Å². The average molecular weight is 321 g/mol. The van der Waals surface area contributed by atoms with E-state index in [1.165, 1.54) is 11.3 Å². The average Bonchev–Trinajstić information content (AvgIpc) is 2.96. The zero-order valence-corrected chi connectivity index (χ0v) is 13.4. The molecule has 0 aliphatic carbocycles. The number of nitrogens with zero attached hydrogens (tertiary/aromatic N) is 3. The minimum Gasteiger partial charge on any atom is -0.481 e. The zero-order chi connectivity index (χ0) is 15.9. The number of aliphatic carboxylic acids is 1. The van der Waals surface area contributed by atoms with Crippen molar-refractivity contribution >= 4 is 22.4 Å². The number of carboxylic acids is 1. The van der Waals surface area contributed by atoms with E-state index in [4.69, 9.17) is 9.84 Å². The van der Waals surface area contributed by atoms with Crippen LogP contribution in [0.25, 0.3) is 0 Å². The molecule has 1 N–H and O–H groups in total. The van der Waals surface area contributed by atoms with Gasteiger partial charge >= 0.3 is 5.97 Å². The predicted octanol–water partition coefficient (Wildman–Crippen LogP) is 2.41. The van der Waals surface area contributed by atoms with Gasteiger partial charge < -0.3 is 14.7 Å². The van der Waals surface area contributed by atoms with E-state index >= 15 is 0 Å². The topological polar surface area (TPSA) is 75.6 Å². The summed E-state index contributed by atoms with van der Waals surface area (Å²) in [6.45, 7) is 3.08. The van der Waals surface area contributed by atoms with E-state index in [-0.39, 0.29) is 0 Å². The van der Waals surface area contributed by atoms with Gasteiger partial charge in [-0.05, 0) is 5.56 Å². The Labute approximate surface area is 133 Å². The van der Waals surface area contributed by atoms with Crippen molar-refractivity contribution < 1.29 is 14.6 Å². The third-order valence-corrected chi connectivity index (χ3v) is 4.08. The first-order valence-electron chi connectivity index (χ1n) is 6.93. The first kappa shape index (κ1) is 16.4. The van der Waals surface area contributed by atoms with Crippen molar-refractivity contribution in [1.29, 1.82) is 0 Å². The number of ether oxygens (including phenoxy) is 1. The summed E-state index contributed by atoms with van der Waals surface area (Å²) in [4.78, 5) is 13.1. The van der Waals surface area contributed by atoms with Crippen LogP contribution in [0.1, 0.15) is 17.5 Å². The van der Waals surface area contributed by atoms with Crippen LogP contribution in [0.5, 0.6) is 0 Å². The first-order chi connectivity index (χ1) is 10.6. The van der Waals surface area contributed by atoms with Gasteiger partial charge in [-0.1, -0.05) is 48.6 Å². The van der Waals surface area contributed by atoms with Crippen LogP contribution in [0.4, 0.5) is 5.13 Å². The van der Waals surface area contributed by atoms with E-state index in [9.17, 15) is 4.79 Å². The molecule has 0 aliphatic heterocycles. The van der Waals surface area contributed by atoms with E-state index in [2.05, 4.69) is 10.2 Å². The summed E-state index contributed by atoms with van der Waals surface area (Å²) in [6, 6.07) is 9.90. The molecule has 0 fully saturated rings. The standard InChI is InChI=1S/C15H19N3O3S/c1-11(14(19)20)8-18(9-12-6-4-3-5-7-12)15-17-16-13(22-15)10-21-2/h3-7,11H,8-10H2,1-2H3,(H,19,20). The number of benzene rings is 1. The Bertz CT molecular complexity index is 603. The molecule has 0 bridgehead atoms. The Kier molecular flexibility index (Phi) is 5.85. The van der Waals surface area contributed by atoms with Gasteiger partial charge in [0.2, 0.25) is 5.13 Å². The van der Waals surface area contributed by atoms with E-state index in [0.717, 1.165) is 10.6 Å². The second-order valence-electron chi connectivity index (χ2n) is 5.02. The molecule has 1 aromatic carbocycles. The number of carboxylic acid groups (broad SMARTS) is 1. The van der Waals surface area contributed by atoms with Gasteiger partial charge in [-0.3, -0.25) is 4.79 Å². The van der Waals surface area contributed by atoms with Gasteiger partial charge in [0.05, 0.1) is 5.92 Å². The maximum absolute atomic E-state index is 11.1. The molecule has 0 radical (unpaired) electrons. The highest BCUT2D eigenvalue weighted by atomic mass is 32.1. The van der Waals surface area contributed by atoms with Gasteiger partial charge in [0, 0.05) is 20.2 Å². The number of carbonyl (C=O) groups is 1. The monoisotopic (exact) mass is 321 g/mol. The van der Waals surface area contributed by atoms with Crippen LogP contribution in [0.15, 0.2) is 30.3 Å². The summed E-state index contributed by atoms with van der Waals surface area (Å²) in [5, 5.41) is 18.9. The minimum absolute atomic E-state index is 0.381. The maximum atomic E-state index is 11.1. The summed E-state index contributed by atoms with van der Waals surface area (Å²) in [6.07, 6.45) is 0. The molecule has 22 heavy (non-hydrogen) atoms. The molecule has 118 valence electrons. The summed E-state index contributed by atoms with van der Waals surface area (Å²) in [5.74, 6) is -1.31. The molecule has 1 aromatic heterocycles. The number of methoxy groups -OCH3 is 1. The van der Waals surface area contributed by atoms with E-state index in [1.807, 2.05) is 35.2 Å². The number of hydrogen-bond acceptors (Lipinski definition) is 6. The normalized spacial score (nSPS) is 12.1. The molecule has 6 nitrogen and oxygen atoms in total. The maximum Gasteiger partial charge on any atom is 0.308 e. The SMILES string of the molecule is COCc1nnc(N(Cc2ccccc2)CC(C)C(=O)O)s1. The van der Waals surface area contributed by atoms with Crippen molar-refractivity contribution in [1.82, 2.24) is 10.2 Å². The summed E-state index contributed by atoms with van der Waals surface area (Å²) >= 11 is 1.42. The van der Waals surface area contributed by atoms with Gasteiger partial charge in [-0.15, -0.1) is 10.2 Å². The van der Waals surface area contributed by atoms with Gasteiger partial charge in [-0.2, -0.15) is 0 Å². The lowest BCUT2D eigenvalue weighted by molar-refractivity contribution is -0.140. The Morgan fingerprint density at radius 2 is 2.09 bits per heavy atom. The number of aromatic nitrogens is 2. The number of hydrogen-bond donors (Lipinski definition) is 1. The number of anilines is 1. The molecule has 0 spiro atoms. The Hall–Kier alpha value is -1.99. The lowest BCUT2D eigenvalue weighted by atomic mass is 10.1. The molecule has 2 rings (SSSR count). The van der Waals surface area contributed by atoms with Crippen LogP contribution >= 0.6 is 11.3 Å². The van der Waals surface area contributed by atoms with Crippen LogP contribution in [0.3, 0.4) is 0 Å². The molecule has 1 atom stereocenters. The van der Waals surface area contributed by atoms with Gasteiger partial charge in [-0.25, -0.2) is 0 Å². The zero-order valence-electron chi connectivity index (χ0n) is 12.6. The Balaban J connectivity index is 2.17. The summed E-state index contributed by atoms with van der Waals surface area (Å²) in [7, 11) is 1.61. The third-order valence-electron chi connectivity index (χ3n) is 3.13. The number of rotatable bonds is 8. The molecular formula is C15H19N3O3S. The second-order valence-corrected chi connectivity index (χ2v) is 6.06. The lowest BCUT2D eigenvalue weighted by Crippen LogP contribution is -2.31. The quantitative estimate of drug-likeness (QED) is 0.805. The molecule has 7 heteroatoms. The molecule has 1 unspecified atom stereocenters. The van der Waals surface area contributed by atoms with Crippen molar-refractivity contribution in [3.63, 3.8) is 0 Å².